The molecule has 0 unspecified atom stereocenters. The van der Waals surface area contributed by atoms with E-state index in [0.717, 1.165) is 27.1 Å². The first-order chi connectivity index (χ1) is 58.1. The van der Waals surface area contributed by atoms with Crippen LogP contribution in [0.4, 0.5) is 10.1 Å². The minimum Gasteiger partial charge on any atom is -0.508 e. The summed E-state index contributed by atoms with van der Waals surface area (Å²) in [5.41, 5.74) is 19.3. The number of aliphatic hydroxyl groups is 1. The third-order valence-electron chi connectivity index (χ3n) is 20.1. The molecule has 0 aliphatic carbocycles. The highest BCUT2D eigenvalue weighted by molar-refractivity contribution is 9.10. The predicted octanol–water partition coefficient (Wildman–Crippen LogP) is 33.2. The van der Waals surface area contributed by atoms with Gasteiger partial charge in [-0.25, -0.2) is 4.39 Å². The number of phenols is 1. The van der Waals surface area contributed by atoms with E-state index in [9.17, 15) is 14.5 Å². The van der Waals surface area contributed by atoms with Gasteiger partial charge in [-0.15, -0.1) is 0 Å². The van der Waals surface area contributed by atoms with E-state index in [2.05, 4.69) is 360 Å². The molecule has 0 spiro atoms. The summed E-state index contributed by atoms with van der Waals surface area (Å²) in [6.45, 7) is 51.0. The molecule has 8 nitrogen and oxygen atoms in total. The topological polar surface area (TPSA) is 115 Å². The van der Waals surface area contributed by atoms with Crippen LogP contribution in [-0.2, 0) is 6.61 Å². The number of pyridine rings is 1. The van der Waals surface area contributed by atoms with E-state index >= 15 is 0 Å². The first-order valence-electron chi connectivity index (χ1n) is 43.4. The van der Waals surface area contributed by atoms with E-state index < -0.39 is 0 Å². The number of rotatable bonds is 14. The van der Waals surface area contributed by atoms with E-state index in [1.807, 2.05) is 86.8 Å². The molecular formula is C112H140BrFN2O6. The molecule has 0 atom stereocenters. The molecule has 2 N–H and O–H groups in total. The van der Waals surface area contributed by atoms with Gasteiger partial charge < -0.3 is 19.7 Å². The Labute approximate surface area is 742 Å². The third-order valence-corrected chi connectivity index (χ3v) is 20.7. The van der Waals surface area contributed by atoms with Gasteiger partial charge in [0, 0.05) is 28.5 Å². The van der Waals surface area contributed by atoms with Crippen LogP contribution in [0, 0.1) is 22.9 Å². The Morgan fingerprint density at radius 3 is 1.13 bits per heavy atom. The summed E-state index contributed by atoms with van der Waals surface area (Å²) in [5.74, 6) is 8.03. The monoisotopic (exact) mass is 1710 g/mol. The fourth-order valence-electron chi connectivity index (χ4n) is 11.9. The molecule has 0 saturated heterocycles. The number of hydrogen-bond donors (Lipinski definition) is 2. The van der Waals surface area contributed by atoms with Gasteiger partial charge >= 0.3 is 0 Å². The van der Waals surface area contributed by atoms with Crippen molar-refractivity contribution in [2.24, 2.45) is 0 Å². The van der Waals surface area contributed by atoms with Crippen LogP contribution in [0.1, 0.15) is 290 Å². The maximum atomic E-state index is 12.4. The van der Waals surface area contributed by atoms with Gasteiger partial charge in [-0.1, -0.05) is 416 Å². The molecule has 122 heavy (non-hydrogen) atoms. The molecule has 13 aromatic rings. The number of nitro groups is 1. The summed E-state index contributed by atoms with van der Waals surface area (Å²) in [4.78, 5) is 14.2. The zero-order chi connectivity index (χ0) is 90.2. The van der Waals surface area contributed by atoms with E-state index in [0.29, 0.717) is 78.1 Å². The molecule has 0 fully saturated rings. The highest BCUT2D eigenvalue weighted by Crippen LogP contribution is 2.34. The van der Waals surface area contributed by atoms with Crippen molar-refractivity contribution < 1.29 is 29.0 Å². The van der Waals surface area contributed by atoms with Crippen LogP contribution >= 0.6 is 15.9 Å². The standard InChI is InChI=1S/C15H16.C13H14.C11H14O2.C10H14O.C10H14.C9H11Br.C9H11F.C9H11NO2.C9H12O.C9H12.C8H11N/c1-12(2)13-8-10-15(11-9-13)14-6-4-3-5-7-14;1-10(2)12-8-7-11-5-3-4-6-13(11)9-12;1-8(2)9-3-4-10-11(7-9)13-6-5-12-10;1-8(2)10-5-3-9(7-11)4-6-10;1-8(2)10-6-4-9(3)5-7-10;2*1-7(2)8-3-5-9(10)6-4-8;1-7(2)8-5-3-4-6-9(8)10(11)12;1-7(2)8-3-5-9(10)6-4-8;1-8(2)9-6-4-3-5-7-9;1-7(2)8-4-3-5-9-6-8/h3-12H,1-2H3;3-10H,1-2H3;3-4,7-8H,5-6H2,1-2H3;3-6,8,11H,7H2,1-2H3;4-8H,1-3H3;2*3-7H,1-2H3;3-7H,1-2H3;3-7,10H,1-2H3;3-8H,1-2H3;3-7H,1-2H3. The lowest BCUT2D eigenvalue weighted by atomic mass is 9.99. The molecule has 10 heteroatoms. The van der Waals surface area contributed by atoms with Crippen LogP contribution in [0.25, 0.3) is 21.9 Å². The largest absolute Gasteiger partial charge is 0.508 e. The van der Waals surface area contributed by atoms with Crippen molar-refractivity contribution in [1.82, 2.24) is 4.98 Å². The Kier molecular flexibility index (Phi) is 48.2. The van der Waals surface area contributed by atoms with Crippen LogP contribution in [0.2, 0.25) is 0 Å². The van der Waals surface area contributed by atoms with Crippen molar-refractivity contribution in [3.63, 3.8) is 0 Å². The van der Waals surface area contributed by atoms with Crippen molar-refractivity contribution in [3.05, 3.63) is 408 Å². The maximum Gasteiger partial charge on any atom is 0.272 e. The number of para-hydroxylation sites is 1. The molecule has 0 radical (unpaired) electrons. The molecule has 1 aromatic heterocycles. The minimum absolute atomic E-state index is 0.137. The zero-order valence-electron chi connectivity index (χ0n) is 77.2. The van der Waals surface area contributed by atoms with Crippen LogP contribution in [-0.4, -0.2) is 33.3 Å². The van der Waals surface area contributed by atoms with Gasteiger partial charge in [-0.3, -0.25) is 15.1 Å². The van der Waals surface area contributed by atoms with Gasteiger partial charge in [0.25, 0.3) is 5.69 Å². The normalized spacial score (nSPS) is 10.9. The van der Waals surface area contributed by atoms with E-state index in [1.165, 1.54) is 101 Å². The number of aliphatic hydroxyl groups excluding tert-OH is 1. The number of aromatic nitrogens is 1. The number of benzene rings is 12. The fraction of sp³-hybridized carbons (Fsp3) is 0.330. The Hall–Kier alpha value is -10.8. The van der Waals surface area contributed by atoms with E-state index in [-0.39, 0.29) is 29.0 Å². The number of aromatic hydroxyl groups is 1. The smallest absolute Gasteiger partial charge is 0.272 e. The molecule has 0 saturated carbocycles. The van der Waals surface area contributed by atoms with Gasteiger partial charge in [0.2, 0.25) is 0 Å². The number of aryl methyl sites for hydroxylation is 1. The number of hydrogen-bond acceptors (Lipinski definition) is 7. The number of phenolic OH excluding ortho intramolecular Hbond substituents is 1. The molecule has 14 rings (SSSR count). The molecule has 0 amide bonds. The van der Waals surface area contributed by atoms with Gasteiger partial charge in [0.1, 0.15) is 24.8 Å². The molecule has 2 heterocycles. The average molecular weight is 1710 g/mol. The van der Waals surface area contributed by atoms with Crippen molar-refractivity contribution in [1.29, 1.82) is 0 Å². The van der Waals surface area contributed by atoms with Gasteiger partial charge in [-0.2, -0.15) is 0 Å². The fourth-order valence-corrected chi connectivity index (χ4v) is 12.2. The van der Waals surface area contributed by atoms with E-state index in [1.54, 1.807) is 30.5 Å². The van der Waals surface area contributed by atoms with Gasteiger partial charge in [0.15, 0.2) is 11.5 Å². The highest BCUT2D eigenvalue weighted by Gasteiger charge is 2.15. The Morgan fingerprint density at radius 1 is 0.361 bits per heavy atom. The quantitative estimate of drug-likeness (QED) is 0.0823. The molecule has 1 aliphatic heterocycles. The maximum absolute atomic E-state index is 12.4. The summed E-state index contributed by atoms with van der Waals surface area (Å²) < 4.78 is 24.4. The third kappa shape index (κ3) is 40.3. The summed E-state index contributed by atoms with van der Waals surface area (Å²) in [6.07, 6.45) is 3.70. The Balaban J connectivity index is 0.000000283. The van der Waals surface area contributed by atoms with Crippen LogP contribution in [0.5, 0.6) is 17.2 Å². The van der Waals surface area contributed by atoms with E-state index in [4.69, 9.17) is 19.7 Å². The van der Waals surface area contributed by atoms with Crippen molar-refractivity contribution in [2.75, 3.05) is 13.2 Å². The van der Waals surface area contributed by atoms with Crippen molar-refractivity contribution in [2.45, 2.75) is 231 Å². The molecule has 0 bridgehead atoms. The Bertz CT molecular complexity index is 4690. The van der Waals surface area contributed by atoms with Crippen LogP contribution in [0.3, 0.4) is 0 Å². The lowest BCUT2D eigenvalue weighted by Crippen LogP contribution is -2.15. The number of nitro benzene ring substituents is 1. The molecule has 1 aliphatic rings. The zero-order valence-corrected chi connectivity index (χ0v) is 78.8. The lowest BCUT2D eigenvalue weighted by Gasteiger charge is -2.19. The highest BCUT2D eigenvalue weighted by atomic mass is 79.9. The van der Waals surface area contributed by atoms with Crippen LogP contribution < -0.4 is 9.47 Å². The van der Waals surface area contributed by atoms with Crippen molar-refractivity contribution >= 4 is 32.4 Å². The molecule has 648 valence electrons. The number of fused-ring (bicyclic) bond motifs is 2. The Morgan fingerprint density at radius 2 is 0.713 bits per heavy atom. The van der Waals surface area contributed by atoms with Gasteiger partial charge in [0.05, 0.1) is 11.5 Å². The van der Waals surface area contributed by atoms with Gasteiger partial charge in [-0.05, 0) is 210 Å². The summed E-state index contributed by atoms with van der Waals surface area (Å²) in [6, 6.07) is 101. The average Bonchev–Trinajstić information content (AvgIpc) is 0.842. The van der Waals surface area contributed by atoms with Crippen molar-refractivity contribution in [3.8, 4) is 28.4 Å². The number of ether oxygens (including phenoxy) is 2. The number of halogens is 2. The summed E-state index contributed by atoms with van der Waals surface area (Å²) in [5, 5.41) is 30.9. The summed E-state index contributed by atoms with van der Waals surface area (Å²) >= 11 is 3.39. The predicted molar refractivity (Wildman–Crippen MR) is 524 cm³/mol. The second kappa shape index (κ2) is 56.7. The van der Waals surface area contributed by atoms with Crippen LogP contribution in [0.15, 0.2) is 320 Å². The minimum atomic E-state index is -0.338. The first-order valence-corrected chi connectivity index (χ1v) is 44.2. The second-order valence-corrected chi connectivity index (χ2v) is 34.6. The molecular weight excluding hydrogens is 1570 g/mol. The SMILES string of the molecule is CC(C)c1ccc(-c2ccccc2)cc1.CC(C)c1ccc(Br)cc1.CC(C)c1ccc(CO)cc1.CC(C)c1ccc(F)cc1.CC(C)c1ccc(O)cc1.CC(C)c1ccc2c(c1)OCCO2.CC(C)c1ccc2ccccc2c1.CC(C)c1ccccc1.CC(C)c1ccccc1[N+](=O)[O-].CC(C)c1cccnc1.Cc1ccc(C(C)C)cc1. The molecule has 12 aromatic carbocycles. The second-order valence-electron chi connectivity index (χ2n) is 33.7. The first kappa shape index (κ1) is 104. The summed E-state index contributed by atoms with van der Waals surface area (Å²) in [7, 11) is 0. The number of nitrogens with zero attached hydrogens (tertiary/aromatic N) is 2. The lowest BCUT2D eigenvalue weighted by molar-refractivity contribution is -0.385.